The third-order valence-electron chi connectivity index (χ3n) is 13.7. The van der Waals surface area contributed by atoms with E-state index in [0.717, 1.165) is 48.7 Å². The number of hydrogen-bond acceptors (Lipinski definition) is 7. The van der Waals surface area contributed by atoms with Crippen LogP contribution in [0.4, 0.5) is 0 Å². The van der Waals surface area contributed by atoms with Gasteiger partial charge in [0.2, 0.25) is 11.6 Å². The molecule has 4 aromatic heterocycles. The number of ketones is 4. The van der Waals surface area contributed by atoms with Crippen LogP contribution in [0.5, 0.6) is 0 Å². The van der Waals surface area contributed by atoms with E-state index in [1.54, 1.807) is 87.6 Å². The van der Waals surface area contributed by atoms with Gasteiger partial charge in [0.1, 0.15) is 0 Å². The van der Waals surface area contributed by atoms with Crippen molar-refractivity contribution in [1.29, 1.82) is 0 Å². The number of carbonyl (C=O) groups excluding carboxylic acids is 5. The number of ether oxygens (including phenoxy) is 1. The average Bonchev–Trinajstić information content (AvgIpc) is 4.02. The topological polar surface area (TPSA) is 141 Å². The Balaban J connectivity index is 0.000000204. The summed E-state index contributed by atoms with van der Waals surface area (Å²) in [6.07, 6.45) is 8.34. The van der Waals surface area contributed by atoms with Gasteiger partial charge >= 0.3 is 11.9 Å². The van der Waals surface area contributed by atoms with Crippen LogP contribution < -0.4 is 0 Å². The van der Waals surface area contributed by atoms with E-state index in [2.05, 4.69) is 27.7 Å². The molecule has 2 saturated carbocycles. The van der Waals surface area contributed by atoms with Crippen LogP contribution in [-0.2, 0) is 27.2 Å². The van der Waals surface area contributed by atoms with E-state index in [9.17, 15) is 33.9 Å². The molecule has 1 N–H and O–H groups in total. The third kappa shape index (κ3) is 10.5. The molecular weight excluding hydrogens is 912 g/mol. The van der Waals surface area contributed by atoms with E-state index in [1.165, 1.54) is 0 Å². The van der Waals surface area contributed by atoms with Crippen LogP contribution >= 0.6 is 23.2 Å². The van der Waals surface area contributed by atoms with Gasteiger partial charge in [0, 0.05) is 56.5 Å². The van der Waals surface area contributed by atoms with Crippen LogP contribution in [0, 0.1) is 22.7 Å². The number of pyridine rings is 2. The van der Waals surface area contributed by atoms with Crippen LogP contribution in [0.25, 0.3) is 11.0 Å². The molecule has 0 aliphatic heterocycles. The Bertz CT molecular complexity index is 2980. The number of aromatic nitrogens is 2. The fourth-order valence-electron chi connectivity index (χ4n) is 9.01. The summed E-state index contributed by atoms with van der Waals surface area (Å²) in [4.78, 5) is 80.0. The number of carboxylic acids is 1. The number of rotatable bonds is 17. The molecular formula is C57H62Cl2N2O8. The molecule has 0 spiro atoms. The minimum absolute atomic E-state index is 0.0102. The molecule has 69 heavy (non-hydrogen) atoms. The first-order valence-electron chi connectivity index (χ1n) is 24.0. The fraction of sp³-hybridized carbons (Fsp3) is 0.404. The standard InChI is InChI=1S/C29H32ClNO4.C28H30ClNO4/c1-6-35-28(34)29(4,5)16-22-24(26(32)18-7-8-18)23-15-20(17(2)3)13-14-31(23)25(22)27(33)19-9-11-21(30)12-10-19;1-16(2)19-12-13-30-22(14-19)23(25(31)17-6-5-7-17)21(15-28(3,4)27(33)34)24(30)26(32)18-8-10-20(29)11-9-18/h9-15,17-18H,6-8,16H2,1-5H3;8-14,16-17H,5-7,15H2,1-4H3,(H,33,34). The number of carboxylic acid groups (broad SMARTS) is 1. The van der Waals surface area contributed by atoms with Crippen molar-refractivity contribution in [3.05, 3.63) is 151 Å². The molecule has 10 nitrogen and oxygen atoms in total. The Morgan fingerprint density at radius 3 is 1.35 bits per heavy atom. The van der Waals surface area contributed by atoms with Crippen LogP contribution in [-0.4, -0.2) is 55.6 Å². The average molecular weight is 974 g/mol. The van der Waals surface area contributed by atoms with Gasteiger partial charge in [-0.05, 0) is 180 Å². The zero-order chi connectivity index (χ0) is 50.3. The number of aliphatic carboxylic acids is 1. The summed E-state index contributed by atoms with van der Waals surface area (Å²) >= 11 is 12.1. The smallest absolute Gasteiger partial charge is 0.311 e. The lowest BCUT2D eigenvalue weighted by atomic mass is 9.77. The second-order valence-corrected chi connectivity index (χ2v) is 21.5. The summed E-state index contributed by atoms with van der Waals surface area (Å²) in [5.74, 6) is -1.36. The Labute approximate surface area is 414 Å². The van der Waals surface area contributed by atoms with Crippen LogP contribution in [0.15, 0.2) is 85.2 Å². The second-order valence-electron chi connectivity index (χ2n) is 20.6. The second kappa shape index (κ2) is 20.2. The summed E-state index contributed by atoms with van der Waals surface area (Å²) in [7, 11) is 0. The molecule has 2 aliphatic rings. The highest BCUT2D eigenvalue weighted by Gasteiger charge is 2.41. The molecule has 0 atom stereocenters. The molecule has 2 aliphatic carbocycles. The highest BCUT2D eigenvalue weighted by molar-refractivity contribution is 6.31. The molecule has 12 heteroatoms. The van der Waals surface area contributed by atoms with E-state index < -0.39 is 16.8 Å². The molecule has 0 bridgehead atoms. The summed E-state index contributed by atoms with van der Waals surface area (Å²) in [6.45, 7) is 17.3. The lowest BCUT2D eigenvalue weighted by Crippen LogP contribution is -2.30. The van der Waals surface area contributed by atoms with Crippen molar-refractivity contribution in [1.82, 2.24) is 8.80 Å². The van der Waals surface area contributed by atoms with Gasteiger partial charge in [-0.25, -0.2) is 0 Å². The molecule has 2 aromatic carbocycles. The minimum Gasteiger partial charge on any atom is -0.481 e. The minimum atomic E-state index is -1.16. The SMILES string of the molecule is CC(C)c1ccn2c(C(=O)c3ccc(Cl)cc3)c(CC(C)(C)C(=O)O)c(C(=O)C3CCC3)c2c1.CCOC(=O)C(C)(C)Cc1c(C(=O)C2CC2)c2cc(C(C)C)ccn2c1C(=O)c1ccc(Cl)cc1. The van der Waals surface area contributed by atoms with Gasteiger partial charge in [0.15, 0.2) is 11.6 Å². The van der Waals surface area contributed by atoms with Gasteiger partial charge in [0.25, 0.3) is 0 Å². The monoisotopic (exact) mass is 972 g/mol. The third-order valence-corrected chi connectivity index (χ3v) is 14.2. The molecule has 6 aromatic rings. The van der Waals surface area contributed by atoms with Gasteiger partial charge in [-0.1, -0.05) is 57.3 Å². The predicted molar refractivity (Wildman–Crippen MR) is 271 cm³/mol. The molecule has 4 heterocycles. The fourth-order valence-corrected chi connectivity index (χ4v) is 9.26. The van der Waals surface area contributed by atoms with Gasteiger partial charge < -0.3 is 18.6 Å². The largest absolute Gasteiger partial charge is 0.481 e. The molecule has 2 fully saturated rings. The summed E-state index contributed by atoms with van der Waals surface area (Å²) in [5, 5.41) is 10.9. The normalized spacial score (nSPS) is 14.2. The van der Waals surface area contributed by atoms with Crippen molar-refractivity contribution < 1.29 is 38.6 Å². The number of fused-ring (bicyclic) bond motifs is 2. The van der Waals surface area contributed by atoms with Gasteiger partial charge in [-0.3, -0.25) is 28.8 Å². The van der Waals surface area contributed by atoms with Gasteiger partial charge in [0.05, 0.1) is 39.9 Å². The van der Waals surface area contributed by atoms with E-state index in [-0.39, 0.29) is 72.2 Å². The van der Waals surface area contributed by atoms with Crippen molar-refractivity contribution in [2.45, 2.75) is 119 Å². The molecule has 0 saturated heterocycles. The maximum Gasteiger partial charge on any atom is 0.311 e. The van der Waals surface area contributed by atoms with Crippen molar-refractivity contribution in [3.8, 4) is 0 Å². The lowest BCUT2D eigenvalue weighted by molar-refractivity contribution is -0.153. The van der Waals surface area contributed by atoms with Gasteiger partial charge in [-0.2, -0.15) is 0 Å². The maximum atomic E-state index is 13.9. The molecule has 0 amide bonds. The summed E-state index contributed by atoms with van der Waals surface area (Å²) in [5.41, 5.74) is 5.33. The van der Waals surface area contributed by atoms with E-state index in [0.29, 0.717) is 60.3 Å². The van der Waals surface area contributed by atoms with Crippen LogP contribution in [0.3, 0.4) is 0 Å². The van der Waals surface area contributed by atoms with E-state index in [4.69, 9.17) is 27.9 Å². The quantitative estimate of drug-likeness (QED) is 0.0704. The van der Waals surface area contributed by atoms with Crippen molar-refractivity contribution >= 4 is 69.3 Å². The first-order chi connectivity index (χ1) is 32.6. The van der Waals surface area contributed by atoms with Crippen molar-refractivity contribution in [3.63, 3.8) is 0 Å². The van der Waals surface area contributed by atoms with Crippen molar-refractivity contribution in [2.75, 3.05) is 6.61 Å². The number of esters is 1. The summed E-state index contributed by atoms with van der Waals surface area (Å²) < 4.78 is 8.94. The number of Topliss-reactive ketones (excluding diaryl/α,β-unsaturated/α-hetero) is 2. The van der Waals surface area contributed by atoms with E-state index in [1.807, 2.05) is 41.1 Å². The van der Waals surface area contributed by atoms with E-state index >= 15 is 0 Å². The number of carbonyl (C=O) groups is 6. The first kappa shape index (κ1) is 51.0. The first-order valence-corrected chi connectivity index (χ1v) is 24.7. The van der Waals surface area contributed by atoms with Crippen molar-refractivity contribution in [2.24, 2.45) is 22.7 Å². The number of hydrogen-bond donors (Lipinski definition) is 1. The Morgan fingerprint density at radius 2 is 1.01 bits per heavy atom. The lowest BCUT2D eigenvalue weighted by Gasteiger charge is -2.25. The number of benzene rings is 2. The predicted octanol–water partition coefficient (Wildman–Crippen LogP) is 13.3. The van der Waals surface area contributed by atoms with Gasteiger partial charge in [-0.15, -0.1) is 0 Å². The molecule has 8 rings (SSSR count). The van der Waals surface area contributed by atoms with Crippen LogP contribution in [0.2, 0.25) is 10.0 Å². The Kier molecular flexibility index (Phi) is 15.0. The zero-order valence-corrected chi connectivity index (χ0v) is 42.5. The maximum absolute atomic E-state index is 13.9. The van der Waals surface area contributed by atoms with Crippen LogP contribution in [0.1, 0.15) is 181 Å². The number of halogens is 2. The molecule has 362 valence electrons. The summed E-state index contributed by atoms with van der Waals surface area (Å²) in [6, 6.07) is 21.3. The Hall–Kier alpha value is -5.84. The number of nitrogens with zero attached hydrogens (tertiary/aromatic N) is 2. The zero-order valence-electron chi connectivity index (χ0n) is 41.0. The molecule has 0 radical (unpaired) electrons. The Morgan fingerprint density at radius 1 is 0.623 bits per heavy atom. The highest BCUT2D eigenvalue weighted by Crippen LogP contribution is 2.41. The molecule has 0 unspecified atom stereocenters. The highest BCUT2D eigenvalue weighted by atomic mass is 35.5.